The second-order valence-corrected chi connectivity index (χ2v) is 7.14. The summed E-state index contributed by atoms with van der Waals surface area (Å²) in [5, 5.41) is 3.29. The Balaban J connectivity index is 1.65. The average Bonchev–Trinajstić information content (AvgIpc) is 3.07. The maximum Gasteiger partial charge on any atom is 0.247 e. The molecule has 21 heavy (non-hydrogen) atoms. The lowest BCUT2D eigenvalue weighted by Gasteiger charge is -2.22. The Morgan fingerprint density at radius 3 is 2.57 bits per heavy atom. The van der Waals surface area contributed by atoms with Gasteiger partial charge in [-0.2, -0.15) is 11.8 Å². The van der Waals surface area contributed by atoms with E-state index < -0.39 is 0 Å². The van der Waals surface area contributed by atoms with Gasteiger partial charge in [0.25, 0.3) is 0 Å². The van der Waals surface area contributed by atoms with E-state index in [1.54, 1.807) is 4.90 Å². The molecule has 1 unspecified atom stereocenters. The Labute approximate surface area is 132 Å². The summed E-state index contributed by atoms with van der Waals surface area (Å²) >= 11 is 1.90. The molecule has 1 heterocycles. The Morgan fingerprint density at radius 2 is 1.86 bits per heavy atom. The van der Waals surface area contributed by atoms with E-state index in [2.05, 4.69) is 11.6 Å². The van der Waals surface area contributed by atoms with Crippen molar-refractivity contribution in [1.82, 2.24) is 10.2 Å². The van der Waals surface area contributed by atoms with Gasteiger partial charge in [0.05, 0.1) is 12.5 Å². The molecule has 1 saturated carbocycles. The molecule has 4 nitrogen and oxygen atoms in total. The molecule has 0 aromatic carbocycles. The highest BCUT2D eigenvalue weighted by Crippen LogP contribution is 2.28. The molecule has 0 radical (unpaired) electrons. The molecule has 0 spiro atoms. The molecule has 0 bridgehead atoms. The van der Waals surface area contributed by atoms with Gasteiger partial charge in [0.1, 0.15) is 0 Å². The number of hydrogen-bond acceptors (Lipinski definition) is 4. The molecule has 0 aromatic rings. The molecular formula is C16H28N2O2S. The van der Waals surface area contributed by atoms with Crippen LogP contribution in [-0.4, -0.2) is 47.4 Å². The second kappa shape index (κ2) is 8.79. The minimum atomic E-state index is -0.260. The van der Waals surface area contributed by atoms with Gasteiger partial charge in [-0.1, -0.05) is 25.7 Å². The topological polar surface area (TPSA) is 49.4 Å². The molecule has 1 saturated heterocycles. The van der Waals surface area contributed by atoms with Crippen LogP contribution in [0, 0.1) is 0 Å². The zero-order valence-electron chi connectivity index (χ0n) is 13.1. The van der Waals surface area contributed by atoms with E-state index >= 15 is 0 Å². The summed E-state index contributed by atoms with van der Waals surface area (Å²) in [6.45, 7) is 0.849. The van der Waals surface area contributed by atoms with E-state index in [1.807, 2.05) is 11.8 Å². The zero-order chi connectivity index (χ0) is 15.1. The third-order valence-corrected chi connectivity index (χ3v) is 5.24. The summed E-state index contributed by atoms with van der Waals surface area (Å²) in [4.78, 5) is 26.0. The lowest BCUT2D eigenvalue weighted by atomic mass is 10.2. The van der Waals surface area contributed by atoms with E-state index in [-0.39, 0.29) is 23.9 Å². The standard InChI is InChI=1S/C16H28N2O2S/c1-21-11-7-3-2-6-10-17-14-12-15(19)18(16(14)20)13-8-4-5-9-13/h13-14,17H,2-12H2,1H3. The van der Waals surface area contributed by atoms with Crippen LogP contribution >= 0.6 is 11.8 Å². The fourth-order valence-electron chi connectivity index (χ4n) is 3.36. The van der Waals surface area contributed by atoms with Crippen LogP contribution in [0.15, 0.2) is 0 Å². The summed E-state index contributed by atoms with van der Waals surface area (Å²) in [6.07, 6.45) is 11.6. The number of amides is 2. The fourth-order valence-corrected chi connectivity index (χ4v) is 3.85. The highest BCUT2D eigenvalue weighted by Gasteiger charge is 2.42. The van der Waals surface area contributed by atoms with E-state index in [9.17, 15) is 9.59 Å². The van der Waals surface area contributed by atoms with Crippen LogP contribution in [0.2, 0.25) is 0 Å². The highest BCUT2D eigenvalue weighted by atomic mass is 32.2. The van der Waals surface area contributed by atoms with Gasteiger partial charge in [-0.3, -0.25) is 14.5 Å². The Bertz CT molecular complexity index is 356. The summed E-state index contributed by atoms with van der Waals surface area (Å²) in [6, 6.07) is -0.0763. The average molecular weight is 312 g/mol. The van der Waals surface area contributed by atoms with Crippen molar-refractivity contribution in [1.29, 1.82) is 0 Å². The van der Waals surface area contributed by atoms with E-state index in [0.29, 0.717) is 6.42 Å². The van der Waals surface area contributed by atoms with Crippen molar-refractivity contribution >= 4 is 23.6 Å². The minimum absolute atomic E-state index is 0.0225. The van der Waals surface area contributed by atoms with Crippen LogP contribution < -0.4 is 5.32 Å². The van der Waals surface area contributed by atoms with Gasteiger partial charge in [0.15, 0.2) is 0 Å². The third kappa shape index (κ3) is 4.71. The van der Waals surface area contributed by atoms with Crippen molar-refractivity contribution < 1.29 is 9.59 Å². The SMILES string of the molecule is CSCCCCCCNC1CC(=O)N(C2CCCC2)C1=O. The number of carbonyl (C=O) groups is 2. The molecule has 1 N–H and O–H groups in total. The Morgan fingerprint density at radius 1 is 1.14 bits per heavy atom. The molecule has 1 aliphatic heterocycles. The van der Waals surface area contributed by atoms with Crippen molar-refractivity contribution in [2.24, 2.45) is 0 Å². The van der Waals surface area contributed by atoms with Crippen LogP contribution in [0.3, 0.4) is 0 Å². The van der Waals surface area contributed by atoms with Crippen LogP contribution in [0.1, 0.15) is 57.8 Å². The number of nitrogens with zero attached hydrogens (tertiary/aromatic N) is 1. The molecule has 2 fully saturated rings. The number of carbonyl (C=O) groups excluding carboxylic acids is 2. The smallest absolute Gasteiger partial charge is 0.247 e. The van der Waals surface area contributed by atoms with Crippen molar-refractivity contribution in [2.75, 3.05) is 18.6 Å². The number of hydrogen-bond donors (Lipinski definition) is 1. The van der Waals surface area contributed by atoms with Crippen molar-refractivity contribution in [3.05, 3.63) is 0 Å². The molecule has 120 valence electrons. The first-order valence-electron chi connectivity index (χ1n) is 8.32. The number of unbranched alkanes of at least 4 members (excludes halogenated alkanes) is 3. The van der Waals surface area contributed by atoms with E-state index in [1.165, 1.54) is 25.0 Å². The first-order valence-corrected chi connectivity index (χ1v) is 9.71. The summed E-state index contributed by atoms with van der Waals surface area (Å²) in [5.74, 6) is 1.29. The van der Waals surface area contributed by atoms with Crippen LogP contribution in [0.25, 0.3) is 0 Å². The van der Waals surface area contributed by atoms with E-state index in [0.717, 1.165) is 38.6 Å². The van der Waals surface area contributed by atoms with Gasteiger partial charge in [-0.25, -0.2) is 0 Å². The van der Waals surface area contributed by atoms with Gasteiger partial charge in [-0.15, -0.1) is 0 Å². The quantitative estimate of drug-likeness (QED) is 0.525. The van der Waals surface area contributed by atoms with Gasteiger partial charge in [0, 0.05) is 6.04 Å². The third-order valence-electron chi connectivity index (χ3n) is 4.54. The maximum atomic E-state index is 12.3. The lowest BCUT2D eigenvalue weighted by Crippen LogP contribution is -2.43. The molecular weight excluding hydrogens is 284 g/mol. The zero-order valence-corrected chi connectivity index (χ0v) is 13.9. The van der Waals surface area contributed by atoms with Crippen molar-refractivity contribution in [2.45, 2.75) is 69.9 Å². The van der Waals surface area contributed by atoms with Crippen LogP contribution in [0.4, 0.5) is 0 Å². The minimum Gasteiger partial charge on any atom is -0.305 e. The molecule has 2 amide bonds. The van der Waals surface area contributed by atoms with Crippen molar-refractivity contribution in [3.63, 3.8) is 0 Å². The Kier molecular flexibility index (Phi) is 7.04. The summed E-state index contributed by atoms with van der Waals surface area (Å²) in [5.41, 5.74) is 0. The predicted octanol–water partition coefficient (Wildman–Crippen LogP) is 2.57. The van der Waals surface area contributed by atoms with Crippen LogP contribution in [0.5, 0.6) is 0 Å². The number of thioether (sulfide) groups is 1. The van der Waals surface area contributed by atoms with Crippen LogP contribution in [-0.2, 0) is 9.59 Å². The van der Waals surface area contributed by atoms with Gasteiger partial charge < -0.3 is 5.32 Å². The maximum absolute atomic E-state index is 12.3. The van der Waals surface area contributed by atoms with Gasteiger partial charge in [0.2, 0.25) is 11.8 Å². The lowest BCUT2D eigenvalue weighted by molar-refractivity contribution is -0.141. The Hall–Kier alpha value is -0.550. The summed E-state index contributed by atoms with van der Waals surface area (Å²) in [7, 11) is 0. The number of likely N-dealkylation sites (tertiary alicyclic amines) is 1. The van der Waals surface area contributed by atoms with E-state index in [4.69, 9.17) is 0 Å². The largest absolute Gasteiger partial charge is 0.305 e. The van der Waals surface area contributed by atoms with Crippen molar-refractivity contribution in [3.8, 4) is 0 Å². The normalized spacial score (nSPS) is 23.5. The molecule has 5 heteroatoms. The summed E-state index contributed by atoms with van der Waals surface area (Å²) < 4.78 is 0. The molecule has 2 aliphatic rings. The number of rotatable bonds is 9. The second-order valence-electron chi connectivity index (χ2n) is 6.16. The fraction of sp³-hybridized carbons (Fsp3) is 0.875. The first-order chi connectivity index (χ1) is 10.2. The molecule has 2 rings (SSSR count). The monoisotopic (exact) mass is 312 g/mol. The number of imide groups is 1. The molecule has 1 atom stereocenters. The molecule has 0 aromatic heterocycles. The highest BCUT2D eigenvalue weighted by molar-refractivity contribution is 7.98. The first kappa shape index (κ1) is 16.8. The van der Waals surface area contributed by atoms with Gasteiger partial charge in [-0.05, 0) is 44.2 Å². The van der Waals surface area contributed by atoms with Gasteiger partial charge >= 0.3 is 0 Å². The number of nitrogens with one attached hydrogen (secondary N) is 1. The molecule has 1 aliphatic carbocycles. The predicted molar refractivity (Wildman–Crippen MR) is 87.4 cm³/mol.